The van der Waals surface area contributed by atoms with Crippen LogP contribution in [0.25, 0.3) is 0 Å². The average molecular weight is 275 g/mol. The van der Waals surface area contributed by atoms with Crippen LogP contribution in [0, 0.1) is 0 Å². The quantitative estimate of drug-likeness (QED) is 0.864. The number of alkyl halides is 3. The second-order valence-corrected chi connectivity index (χ2v) is 4.52. The van der Waals surface area contributed by atoms with Crippen molar-refractivity contribution in [1.29, 1.82) is 0 Å². The maximum Gasteiger partial charge on any atom is 0.390 e. The minimum Gasteiger partial charge on any atom is -0.359 e. The zero-order chi connectivity index (χ0) is 14.5. The van der Waals surface area contributed by atoms with Gasteiger partial charge in [0.15, 0.2) is 0 Å². The maximum atomic E-state index is 12.1. The van der Waals surface area contributed by atoms with E-state index < -0.39 is 12.6 Å². The summed E-state index contributed by atoms with van der Waals surface area (Å²) in [5.74, 6) is 0.552. The van der Waals surface area contributed by atoms with Gasteiger partial charge in [0.05, 0.1) is 6.42 Å². The number of hydrogen-bond donors (Lipinski definition) is 1. The van der Waals surface area contributed by atoms with E-state index in [0.29, 0.717) is 5.82 Å². The van der Waals surface area contributed by atoms with Crippen molar-refractivity contribution in [1.82, 2.24) is 10.3 Å². The van der Waals surface area contributed by atoms with E-state index >= 15 is 0 Å². The van der Waals surface area contributed by atoms with Crippen molar-refractivity contribution in [3.63, 3.8) is 0 Å². The SMILES string of the molecule is CCNC(C)c1ccc(N(C)CCC(F)(F)F)nc1. The Bertz CT molecular complexity index is 376. The lowest BCUT2D eigenvalue weighted by Gasteiger charge is -2.20. The maximum absolute atomic E-state index is 12.1. The summed E-state index contributed by atoms with van der Waals surface area (Å²) >= 11 is 0. The van der Waals surface area contributed by atoms with Gasteiger partial charge in [0, 0.05) is 25.8 Å². The zero-order valence-electron chi connectivity index (χ0n) is 11.5. The van der Waals surface area contributed by atoms with Crippen molar-refractivity contribution < 1.29 is 13.2 Å². The van der Waals surface area contributed by atoms with E-state index in [-0.39, 0.29) is 12.6 Å². The molecule has 0 aliphatic rings. The van der Waals surface area contributed by atoms with Gasteiger partial charge in [-0.1, -0.05) is 13.0 Å². The Kier molecular flexibility index (Phi) is 5.60. The summed E-state index contributed by atoms with van der Waals surface area (Å²) in [5.41, 5.74) is 1.02. The molecule has 0 aliphatic heterocycles. The number of hydrogen-bond acceptors (Lipinski definition) is 3. The molecule has 1 unspecified atom stereocenters. The number of aromatic nitrogens is 1. The van der Waals surface area contributed by atoms with Gasteiger partial charge < -0.3 is 10.2 Å². The van der Waals surface area contributed by atoms with Crippen LogP contribution in [0.3, 0.4) is 0 Å². The van der Waals surface area contributed by atoms with Crippen LogP contribution < -0.4 is 10.2 Å². The Balaban J connectivity index is 2.60. The van der Waals surface area contributed by atoms with Crippen molar-refractivity contribution in [2.45, 2.75) is 32.5 Å². The predicted molar refractivity (Wildman–Crippen MR) is 70.3 cm³/mol. The molecule has 0 saturated carbocycles. The Labute approximate surface area is 111 Å². The highest BCUT2D eigenvalue weighted by Crippen LogP contribution is 2.21. The highest BCUT2D eigenvalue weighted by Gasteiger charge is 2.27. The van der Waals surface area contributed by atoms with Gasteiger partial charge in [-0.15, -0.1) is 0 Å². The monoisotopic (exact) mass is 275 g/mol. The summed E-state index contributed by atoms with van der Waals surface area (Å²) in [4.78, 5) is 5.71. The van der Waals surface area contributed by atoms with E-state index in [1.54, 1.807) is 19.3 Å². The van der Waals surface area contributed by atoms with Gasteiger partial charge in [-0.05, 0) is 25.1 Å². The molecule has 1 atom stereocenters. The van der Waals surface area contributed by atoms with Gasteiger partial charge in [-0.25, -0.2) is 4.98 Å². The summed E-state index contributed by atoms with van der Waals surface area (Å²) in [7, 11) is 1.61. The first-order valence-corrected chi connectivity index (χ1v) is 6.30. The molecule has 1 rings (SSSR count). The topological polar surface area (TPSA) is 28.2 Å². The van der Waals surface area contributed by atoms with Crippen LogP contribution >= 0.6 is 0 Å². The smallest absolute Gasteiger partial charge is 0.359 e. The molecule has 0 saturated heterocycles. The molecule has 1 heterocycles. The first-order chi connectivity index (χ1) is 8.83. The molecule has 1 N–H and O–H groups in total. The number of rotatable bonds is 6. The summed E-state index contributed by atoms with van der Waals surface area (Å²) in [6.07, 6.45) is -3.26. The molecule has 0 amide bonds. The molecule has 0 spiro atoms. The Morgan fingerprint density at radius 3 is 2.53 bits per heavy atom. The molecule has 0 radical (unpaired) electrons. The zero-order valence-corrected chi connectivity index (χ0v) is 11.5. The lowest BCUT2D eigenvalue weighted by atomic mass is 10.1. The van der Waals surface area contributed by atoms with Crippen molar-refractivity contribution in [2.75, 3.05) is 25.0 Å². The molecular weight excluding hydrogens is 255 g/mol. The van der Waals surface area contributed by atoms with Gasteiger partial charge in [0.1, 0.15) is 5.82 Å². The first-order valence-electron chi connectivity index (χ1n) is 6.30. The van der Waals surface area contributed by atoms with Crippen LogP contribution in [0.4, 0.5) is 19.0 Å². The molecule has 3 nitrogen and oxygen atoms in total. The number of anilines is 1. The van der Waals surface area contributed by atoms with E-state index in [4.69, 9.17) is 0 Å². The van der Waals surface area contributed by atoms with E-state index in [2.05, 4.69) is 10.3 Å². The third-order valence-electron chi connectivity index (χ3n) is 2.90. The van der Waals surface area contributed by atoms with Crippen molar-refractivity contribution in [2.24, 2.45) is 0 Å². The van der Waals surface area contributed by atoms with Crippen molar-refractivity contribution in [3.8, 4) is 0 Å². The van der Waals surface area contributed by atoms with E-state index in [1.807, 2.05) is 19.9 Å². The third kappa shape index (κ3) is 5.46. The van der Waals surface area contributed by atoms with Gasteiger partial charge in [0.2, 0.25) is 0 Å². The van der Waals surface area contributed by atoms with E-state index in [1.165, 1.54) is 4.90 Å². The number of nitrogens with zero attached hydrogens (tertiary/aromatic N) is 2. The fourth-order valence-corrected chi connectivity index (χ4v) is 1.71. The fourth-order valence-electron chi connectivity index (χ4n) is 1.71. The average Bonchev–Trinajstić information content (AvgIpc) is 2.35. The first kappa shape index (κ1) is 15.8. The molecule has 1 aromatic rings. The van der Waals surface area contributed by atoms with Gasteiger partial charge in [-0.2, -0.15) is 13.2 Å². The summed E-state index contributed by atoms with van der Waals surface area (Å²) in [6, 6.07) is 3.83. The molecule has 19 heavy (non-hydrogen) atoms. The van der Waals surface area contributed by atoms with Crippen molar-refractivity contribution in [3.05, 3.63) is 23.9 Å². The standard InChI is InChI=1S/C13H20F3N3/c1-4-17-10(2)11-5-6-12(18-9-11)19(3)8-7-13(14,15)16/h5-6,9-10,17H,4,7-8H2,1-3H3. The molecule has 0 aromatic carbocycles. The van der Waals surface area contributed by atoms with Crippen LogP contribution in [0.5, 0.6) is 0 Å². The lowest BCUT2D eigenvalue weighted by Crippen LogP contribution is -2.25. The molecule has 6 heteroatoms. The fraction of sp³-hybridized carbons (Fsp3) is 0.615. The van der Waals surface area contributed by atoms with Crippen LogP contribution in [-0.4, -0.2) is 31.3 Å². The highest BCUT2D eigenvalue weighted by molar-refractivity contribution is 5.38. The molecule has 0 fully saturated rings. The largest absolute Gasteiger partial charge is 0.390 e. The minimum atomic E-state index is -4.13. The van der Waals surface area contributed by atoms with E-state index in [9.17, 15) is 13.2 Å². The molecule has 0 aliphatic carbocycles. The Hall–Kier alpha value is -1.30. The lowest BCUT2D eigenvalue weighted by molar-refractivity contribution is -0.132. The van der Waals surface area contributed by atoms with Crippen LogP contribution in [-0.2, 0) is 0 Å². The molecular formula is C13H20F3N3. The van der Waals surface area contributed by atoms with Gasteiger partial charge >= 0.3 is 6.18 Å². The predicted octanol–water partition coefficient (Wildman–Crippen LogP) is 3.14. The van der Waals surface area contributed by atoms with Crippen LogP contribution in [0.2, 0.25) is 0 Å². The third-order valence-corrected chi connectivity index (χ3v) is 2.90. The second-order valence-electron chi connectivity index (χ2n) is 4.52. The van der Waals surface area contributed by atoms with Crippen LogP contribution in [0.1, 0.15) is 31.9 Å². The second kappa shape index (κ2) is 6.75. The number of pyridine rings is 1. The minimum absolute atomic E-state index is 0.0847. The van der Waals surface area contributed by atoms with Gasteiger partial charge in [-0.3, -0.25) is 0 Å². The molecule has 0 bridgehead atoms. The molecule has 1 aromatic heterocycles. The Morgan fingerprint density at radius 2 is 2.05 bits per heavy atom. The number of halogens is 3. The van der Waals surface area contributed by atoms with Crippen molar-refractivity contribution >= 4 is 5.82 Å². The summed E-state index contributed by atoms with van der Waals surface area (Å²) in [5, 5.41) is 3.25. The summed E-state index contributed by atoms with van der Waals surface area (Å²) < 4.78 is 36.4. The number of nitrogens with one attached hydrogen (secondary N) is 1. The highest BCUT2D eigenvalue weighted by atomic mass is 19.4. The molecule has 108 valence electrons. The van der Waals surface area contributed by atoms with Crippen LogP contribution in [0.15, 0.2) is 18.3 Å². The normalized spacial score (nSPS) is 13.4. The van der Waals surface area contributed by atoms with Gasteiger partial charge in [0.25, 0.3) is 0 Å². The summed E-state index contributed by atoms with van der Waals surface area (Å²) in [6.45, 7) is 4.81. The van der Waals surface area contributed by atoms with E-state index in [0.717, 1.165) is 12.1 Å². The Morgan fingerprint density at radius 1 is 1.37 bits per heavy atom.